The van der Waals surface area contributed by atoms with E-state index in [0.29, 0.717) is 37.7 Å². The van der Waals surface area contributed by atoms with Crippen molar-refractivity contribution in [3.63, 3.8) is 0 Å². The third-order valence-electron chi connectivity index (χ3n) is 4.23. The molecule has 3 nitrogen and oxygen atoms in total. The maximum absolute atomic E-state index is 12.6. The fourth-order valence-electron chi connectivity index (χ4n) is 2.83. The second kappa shape index (κ2) is 7.88. The zero-order valence-corrected chi connectivity index (χ0v) is 16.7. The first-order chi connectivity index (χ1) is 13.5. The van der Waals surface area contributed by atoms with Gasteiger partial charge in [-0.25, -0.2) is 0 Å². The highest BCUT2D eigenvalue weighted by Gasteiger charge is 2.27. The third-order valence-corrected chi connectivity index (χ3v) is 5.18. The van der Waals surface area contributed by atoms with Crippen molar-refractivity contribution in [1.29, 1.82) is 0 Å². The molecule has 0 atom stereocenters. The van der Waals surface area contributed by atoms with Crippen LogP contribution in [0.4, 0.5) is 0 Å². The summed E-state index contributed by atoms with van der Waals surface area (Å²) in [5.74, 6) is 1.05. The van der Waals surface area contributed by atoms with E-state index in [0.717, 1.165) is 5.56 Å². The lowest BCUT2D eigenvalue weighted by molar-refractivity contribution is 0.101. The number of carbonyl (C=O) groups excluding carboxylic acids is 1. The highest BCUT2D eigenvalue weighted by molar-refractivity contribution is 6.36. The van der Waals surface area contributed by atoms with E-state index in [4.69, 9.17) is 44.3 Å². The Morgan fingerprint density at radius 3 is 2.43 bits per heavy atom. The van der Waals surface area contributed by atoms with Crippen molar-refractivity contribution in [2.75, 3.05) is 0 Å². The molecule has 0 bridgehead atoms. The minimum Gasteiger partial charge on any atom is -0.489 e. The van der Waals surface area contributed by atoms with E-state index in [1.807, 2.05) is 12.1 Å². The summed E-state index contributed by atoms with van der Waals surface area (Å²) in [6.45, 7) is 0.205. The van der Waals surface area contributed by atoms with E-state index in [1.54, 1.807) is 54.6 Å². The molecule has 0 saturated carbocycles. The molecule has 6 heteroatoms. The van der Waals surface area contributed by atoms with Crippen LogP contribution in [0.2, 0.25) is 15.1 Å². The molecule has 0 aliphatic carbocycles. The highest BCUT2D eigenvalue weighted by atomic mass is 35.5. The van der Waals surface area contributed by atoms with Gasteiger partial charge >= 0.3 is 0 Å². The Bertz CT molecular complexity index is 1090. The number of ketones is 1. The Labute approximate surface area is 177 Å². The van der Waals surface area contributed by atoms with Crippen molar-refractivity contribution in [2.45, 2.75) is 6.61 Å². The number of hydrogen-bond donors (Lipinski definition) is 0. The van der Waals surface area contributed by atoms with Crippen LogP contribution in [0.15, 0.2) is 66.4 Å². The van der Waals surface area contributed by atoms with Gasteiger partial charge in [0.15, 0.2) is 5.76 Å². The topological polar surface area (TPSA) is 35.5 Å². The van der Waals surface area contributed by atoms with Gasteiger partial charge in [0.2, 0.25) is 5.78 Å². The summed E-state index contributed by atoms with van der Waals surface area (Å²) < 4.78 is 11.5. The minimum absolute atomic E-state index is 0.185. The third kappa shape index (κ3) is 3.88. The fraction of sp³-hybridized carbons (Fsp3) is 0.0455. The van der Waals surface area contributed by atoms with Crippen LogP contribution >= 0.6 is 34.8 Å². The summed E-state index contributed by atoms with van der Waals surface area (Å²) in [4.78, 5) is 12.6. The van der Waals surface area contributed by atoms with E-state index >= 15 is 0 Å². The first kappa shape index (κ1) is 18.9. The number of fused-ring (bicyclic) bond motifs is 1. The predicted octanol–water partition coefficient (Wildman–Crippen LogP) is 6.84. The Balaban J connectivity index is 1.54. The normalized spacial score (nSPS) is 14.1. The van der Waals surface area contributed by atoms with Crippen molar-refractivity contribution < 1.29 is 14.3 Å². The van der Waals surface area contributed by atoms with E-state index in [1.165, 1.54) is 0 Å². The second-order valence-corrected chi connectivity index (χ2v) is 7.39. The van der Waals surface area contributed by atoms with Gasteiger partial charge in [0.1, 0.15) is 18.1 Å². The van der Waals surface area contributed by atoms with Gasteiger partial charge in [-0.3, -0.25) is 4.79 Å². The van der Waals surface area contributed by atoms with E-state index in [-0.39, 0.29) is 18.1 Å². The van der Waals surface area contributed by atoms with E-state index in [2.05, 4.69) is 0 Å². The molecule has 1 aliphatic rings. The molecule has 1 aliphatic heterocycles. The molecule has 0 saturated heterocycles. The molecule has 0 spiro atoms. The number of hydrogen-bond acceptors (Lipinski definition) is 3. The molecule has 0 radical (unpaired) electrons. The Morgan fingerprint density at radius 2 is 1.68 bits per heavy atom. The molecule has 0 aromatic heterocycles. The largest absolute Gasteiger partial charge is 0.489 e. The molecule has 0 N–H and O–H groups in total. The highest BCUT2D eigenvalue weighted by Crippen LogP contribution is 2.35. The molecule has 3 aromatic rings. The van der Waals surface area contributed by atoms with Gasteiger partial charge in [-0.2, -0.15) is 0 Å². The smallest absolute Gasteiger partial charge is 0.231 e. The molecule has 4 rings (SSSR count). The van der Waals surface area contributed by atoms with Crippen molar-refractivity contribution in [3.05, 3.63) is 98.2 Å². The Morgan fingerprint density at radius 1 is 0.929 bits per heavy atom. The number of ether oxygens (including phenoxy) is 2. The molecular formula is C22H13Cl3O3. The van der Waals surface area contributed by atoms with Crippen molar-refractivity contribution >= 4 is 46.7 Å². The van der Waals surface area contributed by atoms with Crippen molar-refractivity contribution in [2.24, 2.45) is 0 Å². The number of benzene rings is 3. The van der Waals surface area contributed by atoms with Crippen LogP contribution in [0.25, 0.3) is 6.08 Å². The van der Waals surface area contributed by atoms with Gasteiger partial charge in [-0.1, -0.05) is 53.0 Å². The van der Waals surface area contributed by atoms with Gasteiger partial charge in [-0.05, 0) is 48.0 Å². The van der Waals surface area contributed by atoms with Gasteiger partial charge in [0.05, 0.1) is 5.56 Å². The second-order valence-electron chi connectivity index (χ2n) is 6.14. The summed E-state index contributed by atoms with van der Waals surface area (Å²) in [5, 5.41) is 1.66. The lowest BCUT2D eigenvalue weighted by Crippen LogP contribution is -1.98. The lowest BCUT2D eigenvalue weighted by Gasteiger charge is -2.10. The molecule has 0 fully saturated rings. The molecule has 3 aromatic carbocycles. The number of allylic oxidation sites excluding steroid dienone is 1. The van der Waals surface area contributed by atoms with Crippen LogP contribution in [0, 0.1) is 0 Å². The zero-order valence-electron chi connectivity index (χ0n) is 14.4. The van der Waals surface area contributed by atoms with Crippen molar-refractivity contribution in [3.8, 4) is 11.5 Å². The Hall–Kier alpha value is -2.46. The van der Waals surface area contributed by atoms with Gasteiger partial charge in [-0.15, -0.1) is 0 Å². The summed E-state index contributed by atoms with van der Waals surface area (Å²) in [6.07, 6.45) is 1.66. The minimum atomic E-state index is -0.185. The van der Waals surface area contributed by atoms with Crippen LogP contribution in [-0.4, -0.2) is 5.78 Å². The molecule has 28 heavy (non-hydrogen) atoms. The standard InChI is InChI=1S/C22H13Cl3O3/c23-14-4-1-3-13(9-14)10-21-22(26)16-8-7-15(11-20(16)28-21)27-12-17-18(24)5-2-6-19(17)25/h1-11H,12H2/b21-10-. The molecule has 1 heterocycles. The monoisotopic (exact) mass is 430 g/mol. The summed E-state index contributed by atoms with van der Waals surface area (Å²) in [7, 11) is 0. The van der Waals surface area contributed by atoms with Crippen LogP contribution in [-0.2, 0) is 6.61 Å². The first-order valence-corrected chi connectivity index (χ1v) is 9.54. The maximum Gasteiger partial charge on any atom is 0.231 e. The average molecular weight is 432 g/mol. The van der Waals surface area contributed by atoms with Gasteiger partial charge in [0.25, 0.3) is 0 Å². The molecule has 140 valence electrons. The average Bonchev–Trinajstić information content (AvgIpc) is 2.96. The SMILES string of the molecule is O=C1/C(=C/c2cccc(Cl)c2)Oc2cc(OCc3c(Cl)cccc3Cl)ccc21. The van der Waals surface area contributed by atoms with Crippen molar-refractivity contribution in [1.82, 2.24) is 0 Å². The van der Waals surface area contributed by atoms with E-state index < -0.39 is 0 Å². The molecular weight excluding hydrogens is 419 g/mol. The first-order valence-electron chi connectivity index (χ1n) is 8.41. The number of Topliss-reactive ketones (excluding diaryl/α,β-unsaturated/α-hetero) is 1. The summed E-state index contributed by atoms with van der Waals surface area (Å²) >= 11 is 18.3. The summed E-state index contributed by atoms with van der Waals surface area (Å²) in [6, 6.07) is 17.5. The summed E-state index contributed by atoms with van der Waals surface area (Å²) in [5.41, 5.74) is 1.97. The number of carbonyl (C=O) groups is 1. The zero-order chi connectivity index (χ0) is 19.7. The molecule has 0 unspecified atom stereocenters. The maximum atomic E-state index is 12.6. The Kier molecular flexibility index (Phi) is 5.31. The van der Waals surface area contributed by atoms with Crippen LogP contribution < -0.4 is 9.47 Å². The fourth-order valence-corrected chi connectivity index (χ4v) is 3.54. The lowest BCUT2D eigenvalue weighted by atomic mass is 10.1. The number of rotatable bonds is 4. The van der Waals surface area contributed by atoms with Crippen LogP contribution in [0.1, 0.15) is 21.5 Å². The van der Waals surface area contributed by atoms with Crippen LogP contribution in [0.5, 0.6) is 11.5 Å². The van der Waals surface area contributed by atoms with Gasteiger partial charge < -0.3 is 9.47 Å². The van der Waals surface area contributed by atoms with Crippen LogP contribution in [0.3, 0.4) is 0 Å². The van der Waals surface area contributed by atoms with Gasteiger partial charge in [0, 0.05) is 26.7 Å². The molecule has 0 amide bonds. The quantitative estimate of drug-likeness (QED) is 0.424. The van der Waals surface area contributed by atoms with E-state index in [9.17, 15) is 4.79 Å². The predicted molar refractivity (Wildman–Crippen MR) is 112 cm³/mol. The number of halogens is 3.